The molecule has 2 aromatic rings. The molecule has 0 radical (unpaired) electrons. The minimum absolute atomic E-state index is 0.483. The molecule has 0 saturated heterocycles. The molecule has 11 heavy (non-hydrogen) atoms. The first-order chi connectivity index (χ1) is 5.29. The average Bonchev–Trinajstić information content (AvgIpc) is 2.30. The SMILES string of the molecule is Cc1c(N)nn2nccnc12. The molecular weight excluding hydrogens is 142 g/mol. The molecule has 0 aromatic carbocycles. The molecule has 0 fully saturated rings. The summed E-state index contributed by atoms with van der Waals surface area (Å²) in [7, 11) is 0. The van der Waals surface area contributed by atoms with Gasteiger partial charge in [-0.25, -0.2) is 4.98 Å². The van der Waals surface area contributed by atoms with E-state index in [9.17, 15) is 0 Å². The first kappa shape index (κ1) is 6.09. The second kappa shape index (κ2) is 1.91. The van der Waals surface area contributed by atoms with Crippen molar-refractivity contribution in [1.29, 1.82) is 0 Å². The highest BCUT2D eigenvalue weighted by Gasteiger charge is 2.04. The molecular formula is C6H7N5. The lowest BCUT2D eigenvalue weighted by atomic mass is 10.4. The van der Waals surface area contributed by atoms with Crippen molar-refractivity contribution in [2.45, 2.75) is 6.92 Å². The number of fused-ring (bicyclic) bond motifs is 1. The lowest BCUT2D eigenvalue weighted by molar-refractivity contribution is 0.786. The minimum atomic E-state index is 0.483. The van der Waals surface area contributed by atoms with E-state index in [0.29, 0.717) is 11.5 Å². The van der Waals surface area contributed by atoms with Crippen molar-refractivity contribution < 1.29 is 0 Å². The summed E-state index contributed by atoms with van der Waals surface area (Å²) in [4.78, 5) is 4.06. The molecule has 0 saturated carbocycles. The van der Waals surface area contributed by atoms with Gasteiger partial charge in [0.1, 0.15) is 0 Å². The Balaban J connectivity index is 2.92. The van der Waals surface area contributed by atoms with Crippen LogP contribution in [0.5, 0.6) is 0 Å². The summed E-state index contributed by atoms with van der Waals surface area (Å²) in [6, 6.07) is 0. The van der Waals surface area contributed by atoms with Gasteiger partial charge in [-0.05, 0) is 6.92 Å². The topological polar surface area (TPSA) is 69.1 Å². The van der Waals surface area contributed by atoms with E-state index in [2.05, 4.69) is 15.2 Å². The first-order valence-electron chi connectivity index (χ1n) is 3.21. The van der Waals surface area contributed by atoms with Gasteiger partial charge < -0.3 is 5.73 Å². The summed E-state index contributed by atoms with van der Waals surface area (Å²) in [5, 5.41) is 7.86. The van der Waals surface area contributed by atoms with Crippen LogP contribution in [0.2, 0.25) is 0 Å². The van der Waals surface area contributed by atoms with Crippen LogP contribution in [0.25, 0.3) is 5.65 Å². The zero-order chi connectivity index (χ0) is 7.84. The van der Waals surface area contributed by atoms with E-state index in [1.807, 2.05) is 6.92 Å². The average molecular weight is 149 g/mol. The summed E-state index contributed by atoms with van der Waals surface area (Å²) in [6.45, 7) is 1.87. The smallest absolute Gasteiger partial charge is 0.181 e. The van der Waals surface area contributed by atoms with Gasteiger partial charge in [-0.1, -0.05) is 0 Å². The maximum Gasteiger partial charge on any atom is 0.181 e. The van der Waals surface area contributed by atoms with Crippen LogP contribution < -0.4 is 5.73 Å². The Morgan fingerprint density at radius 2 is 2.27 bits per heavy atom. The molecule has 5 nitrogen and oxygen atoms in total. The van der Waals surface area contributed by atoms with E-state index >= 15 is 0 Å². The van der Waals surface area contributed by atoms with Gasteiger partial charge in [-0.2, -0.15) is 5.10 Å². The number of rotatable bonds is 0. The largest absolute Gasteiger partial charge is 0.382 e. The van der Waals surface area contributed by atoms with E-state index in [1.165, 1.54) is 4.63 Å². The van der Waals surface area contributed by atoms with Crippen LogP contribution in [0, 0.1) is 6.92 Å². The van der Waals surface area contributed by atoms with Crippen LogP contribution >= 0.6 is 0 Å². The van der Waals surface area contributed by atoms with Crippen molar-refractivity contribution in [2.75, 3.05) is 5.73 Å². The van der Waals surface area contributed by atoms with Gasteiger partial charge in [0, 0.05) is 11.8 Å². The number of hydrogen-bond donors (Lipinski definition) is 1. The van der Waals surface area contributed by atoms with Crippen LogP contribution in [0.1, 0.15) is 5.56 Å². The highest BCUT2D eigenvalue weighted by molar-refractivity contribution is 5.56. The number of aromatic nitrogens is 4. The lowest BCUT2D eigenvalue weighted by Gasteiger charge is -1.86. The standard InChI is InChI=1S/C6H7N5/c1-4-5(7)10-11-6(4)8-2-3-9-11/h2-3H,1H3,(H2,7,10). The molecule has 0 spiro atoms. The van der Waals surface area contributed by atoms with Gasteiger partial charge >= 0.3 is 0 Å². The van der Waals surface area contributed by atoms with Gasteiger partial charge in [0.05, 0.1) is 6.20 Å². The summed E-state index contributed by atoms with van der Waals surface area (Å²) in [5.74, 6) is 0.483. The summed E-state index contributed by atoms with van der Waals surface area (Å²) >= 11 is 0. The normalized spacial score (nSPS) is 10.6. The summed E-state index contributed by atoms with van der Waals surface area (Å²) in [5.41, 5.74) is 7.13. The van der Waals surface area contributed by atoms with Crippen LogP contribution in [0.15, 0.2) is 12.4 Å². The van der Waals surface area contributed by atoms with Gasteiger partial charge in [-0.15, -0.1) is 9.73 Å². The van der Waals surface area contributed by atoms with Crippen molar-refractivity contribution >= 4 is 11.5 Å². The Bertz CT molecular complexity index is 391. The second-order valence-electron chi connectivity index (χ2n) is 2.27. The maximum atomic E-state index is 5.54. The van der Waals surface area contributed by atoms with Crippen LogP contribution in [-0.4, -0.2) is 19.8 Å². The van der Waals surface area contributed by atoms with Gasteiger partial charge in [0.2, 0.25) is 0 Å². The lowest BCUT2D eigenvalue weighted by Crippen LogP contribution is -1.94. The molecule has 0 atom stereocenters. The van der Waals surface area contributed by atoms with E-state index in [1.54, 1.807) is 12.4 Å². The monoisotopic (exact) mass is 149 g/mol. The number of aryl methyl sites for hydroxylation is 1. The van der Waals surface area contributed by atoms with E-state index < -0.39 is 0 Å². The molecule has 0 unspecified atom stereocenters. The molecule has 0 bridgehead atoms. The Labute approximate surface area is 62.9 Å². The summed E-state index contributed by atoms with van der Waals surface area (Å²) in [6.07, 6.45) is 3.18. The fourth-order valence-electron chi connectivity index (χ4n) is 0.915. The third kappa shape index (κ3) is 0.739. The van der Waals surface area contributed by atoms with Gasteiger partial charge in [0.15, 0.2) is 11.5 Å². The fraction of sp³-hybridized carbons (Fsp3) is 0.167. The molecule has 2 aromatic heterocycles. The number of nitrogens with zero attached hydrogens (tertiary/aromatic N) is 4. The first-order valence-corrected chi connectivity index (χ1v) is 3.21. The fourth-order valence-corrected chi connectivity index (χ4v) is 0.915. The molecule has 2 N–H and O–H groups in total. The zero-order valence-corrected chi connectivity index (χ0v) is 6.02. The molecule has 5 heteroatoms. The molecule has 56 valence electrons. The number of anilines is 1. The summed E-state index contributed by atoms with van der Waals surface area (Å²) < 4.78 is 1.42. The minimum Gasteiger partial charge on any atom is -0.382 e. The Kier molecular flexibility index (Phi) is 1.06. The molecule has 2 rings (SSSR count). The van der Waals surface area contributed by atoms with Crippen molar-refractivity contribution in [3.05, 3.63) is 18.0 Å². The quantitative estimate of drug-likeness (QED) is 0.573. The Hall–Kier alpha value is -1.65. The second-order valence-corrected chi connectivity index (χ2v) is 2.27. The third-order valence-corrected chi connectivity index (χ3v) is 1.55. The van der Waals surface area contributed by atoms with Crippen molar-refractivity contribution in [3.63, 3.8) is 0 Å². The predicted octanol–water partition coefficient (Wildman–Crippen LogP) is 0.0149. The van der Waals surface area contributed by atoms with Crippen molar-refractivity contribution in [3.8, 4) is 0 Å². The highest BCUT2D eigenvalue weighted by atomic mass is 15.4. The Morgan fingerprint density at radius 1 is 1.45 bits per heavy atom. The van der Waals surface area contributed by atoms with Crippen LogP contribution in [0.4, 0.5) is 5.82 Å². The van der Waals surface area contributed by atoms with Crippen LogP contribution in [-0.2, 0) is 0 Å². The van der Waals surface area contributed by atoms with Crippen LogP contribution in [0.3, 0.4) is 0 Å². The van der Waals surface area contributed by atoms with E-state index in [4.69, 9.17) is 5.73 Å². The number of nitrogens with two attached hydrogens (primary N) is 1. The molecule has 0 aliphatic carbocycles. The van der Waals surface area contributed by atoms with E-state index in [0.717, 1.165) is 5.56 Å². The van der Waals surface area contributed by atoms with Gasteiger partial charge in [0.25, 0.3) is 0 Å². The predicted molar refractivity (Wildman–Crippen MR) is 39.9 cm³/mol. The van der Waals surface area contributed by atoms with Gasteiger partial charge in [-0.3, -0.25) is 0 Å². The maximum absolute atomic E-state index is 5.54. The Morgan fingerprint density at radius 3 is 3.00 bits per heavy atom. The number of hydrogen-bond acceptors (Lipinski definition) is 4. The third-order valence-electron chi connectivity index (χ3n) is 1.55. The molecule has 2 heterocycles. The van der Waals surface area contributed by atoms with Crippen molar-refractivity contribution in [1.82, 2.24) is 19.8 Å². The molecule has 0 amide bonds. The molecule has 0 aliphatic heterocycles. The molecule has 0 aliphatic rings. The number of nitrogen functional groups attached to an aromatic ring is 1. The van der Waals surface area contributed by atoms with E-state index in [-0.39, 0.29) is 0 Å². The zero-order valence-electron chi connectivity index (χ0n) is 6.02. The highest BCUT2D eigenvalue weighted by Crippen LogP contribution is 2.10. The van der Waals surface area contributed by atoms with Crippen molar-refractivity contribution in [2.24, 2.45) is 0 Å².